The van der Waals surface area contributed by atoms with Crippen molar-refractivity contribution < 1.29 is 13.9 Å². The van der Waals surface area contributed by atoms with Gasteiger partial charge in [-0.15, -0.1) is 10.2 Å². The number of ether oxygens (including phenoxy) is 2. The molecule has 0 amide bonds. The number of aryl methyl sites for hydroxylation is 1. The van der Waals surface area contributed by atoms with E-state index in [0.29, 0.717) is 29.1 Å². The Labute approximate surface area is 190 Å². The number of nitrogen functional groups attached to an aromatic ring is 1. The quantitative estimate of drug-likeness (QED) is 0.455. The number of rotatable bonds is 4. The van der Waals surface area contributed by atoms with Crippen LogP contribution in [0.4, 0.5) is 5.82 Å². The summed E-state index contributed by atoms with van der Waals surface area (Å²) in [6.45, 7) is 2.50. The molecule has 3 N–H and O–H groups in total. The number of hydrogen-bond donors (Lipinski definition) is 2. The van der Waals surface area contributed by atoms with Crippen molar-refractivity contribution in [3.63, 3.8) is 0 Å². The Kier molecular flexibility index (Phi) is 5.32. The van der Waals surface area contributed by atoms with Crippen LogP contribution in [0.5, 0.6) is 11.5 Å². The van der Waals surface area contributed by atoms with Gasteiger partial charge in [-0.1, -0.05) is 11.8 Å². The van der Waals surface area contributed by atoms with E-state index in [9.17, 15) is 0 Å². The molecule has 1 fully saturated rings. The average molecular weight is 445 g/mol. The van der Waals surface area contributed by atoms with Crippen LogP contribution in [0.3, 0.4) is 0 Å². The maximum atomic E-state index is 6.23. The summed E-state index contributed by atoms with van der Waals surface area (Å²) in [4.78, 5) is 8.68. The van der Waals surface area contributed by atoms with Gasteiger partial charge < -0.3 is 29.5 Å². The van der Waals surface area contributed by atoms with E-state index in [4.69, 9.17) is 19.6 Å². The molecule has 5 rings (SSSR count). The number of aromatic nitrogens is 5. The van der Waals surface area contributed by atoms with Gasteiger partial charge in [0.15, 0.2) is 0 Å². The number of nitrogens with zero attached hydrogens (tertiary/aromatic N) is 5. The van der Waals surface area contributed by atoms with Gasteiger partial charge in [-0.3, -0.25) is 0 Å². The Morgan fingerprint density at radius 3 is 2.61 bits per heavy atom. The largest absolute Gasteiger partial charge is 0.497 e. The molecule has 1 saturated heterocycles. The lowest BCUT2D eigenvalue weighted by Crippen LogP contribution is -2.15. The molecule has 0 spiro atoms. The maximum Gasteiger partial charge on any atom is 0.233 e. The van der Waals surface area contributed by atoms with Gasteiger partial charge in [0.05, 0.1) is 31.2 Å². The number of nitrogens with two attached hydrogens (primary N) is 1. The molecule has 0 bridgehead atoms. The van der Waals surface area contributed by atoms with E-state index in [0.717, 1.165) is 35.1 Å². The van der Waals surface area contributed by atoms with Crippen molar-refractivity contribution in [2.24, 2.45) is 0 Å². The molecule has 10 heteroatoms. The van der Waals surface area contributed by atoms with Crippen molar-refractivity contribution in [3.8, 4) is 23.3 Å². The molecule has 0 radical (unpaired) electrons. The summed E-state index contributed by atoms with van der Waals surface area (Å²) in [6.07, 6.45) is 4.22. The standard InChI is InChI=1S/C23H23N7O3/c1-13-28-29-23(33-13)19-8-16(10-25-19)30-11-15(20-21(24)26-12-27-22(20)30)5-4-14-6-17(31-2)9-18(7-14)32-3/h6-7,9,11-12,16,19,25H,8,10H2,1-3H3,(H2,24,26,27)/t16-,19-/m0/s1. The fourth-order valence-electron chi connectivity index (χ4n) is 4.07. The topological polar surface area (TPSA) is 126 Å². The number of fused-ring (bicyclic) bond motifs is 1. The van der Waals surface area contributed by atoms with E-state index >= 15 is 0 Å². The van der Waals surface area contributed by atoms with Gasteiger partial charge in [0.1, 0.15) is 29.3 Å². The minimum atomic E-state index is -0.0217. The normalized spacial score (nSPS) is 17.7. The van der Waals surface area contributed by atoms with Crippen LogP contribution < -0.4 is 20.5 Å². The predicted octanol–water partition coefficient (Wildman–Crippen LogP) is 2.40. The van der Waals surface area contributed by atoms with E-state index in [1.807, 2.05) is 18.3 Å². The monoisotopic (exact) mass is 445 g/mol. The Hall–Kier alpha value is -4.10. The van der Waals surface area contributed by atoms with Crippen molar-refractivity contribution in [1.29, 1.82) is 0 Å². The smallest absolute Gasteiger partial charge is 0.233 e. The first-order valence-corrected chi connectivity index (χ1v) is 10.4. The van der Waals surface area contributed by atoms with Gasteiger partial charge in [-0.05, 0) is 18.6 Å². The van der Waals surface area contributed by atoms with Crippen LogP contribution in [-0.4, -0.2) is 45.5 Å². The molecule has 3 aromatic heterocycles. The van der Waals surface area contributed by atoms with Gasteiger partial charge in [0.2, 0.25) is 11.8 Å². The van der Waals surface area contributed by atoms with Crippen LogP contribution in [0, 0.1) is 18.8 Å². The molecule has 33 heavy (non-hydrogen) atoms. The van der Waals surface area contributed by atoms with Crippen molar-refractivity contribution in [3.05, 3.63) is 53.6 Å². The third-order valence-corrected chi connectivity index (χ3v) is 5.67. The molecule has 168 valence electrons. The maximum absolute atomic E-state index is 6.23. The van der Waals surface area contributed by atoms with Gasteiger partial charge in [0.25, 0.3) is 0 Å². The predicted molar refractivity (Wildman–Crippen MR) is 121 cm³/mol. The fraction of sp³-hybridized carbons (Fsp3) is 0.304. The van der Waals surface area contributed by atoms with Gasteiger partial charge >= 0.3 is 0 Å². The molecule has 0 aliphatic carbocycles. The highest BCUT2D eigenvalue weighted by molar-refractivity contribution is 5.92. The Morgan fingerprint density at radius 1 is 1.12 bits per heavy atom. The van der Waals surface area contributed by atoms with Crippen LogP contribution in [0.2, 0.25) is 0 Å². The molecule has 1 aliphatic rings. The lowest BCUT2D eigenvalue weighted by atomic mass is 10.1. The number of anilines is 1. The second-order valence-electron chi connectivity index (χ2n) is 7.77. The minimum Gasteiger partial charge on any atom is -0.497 e. The molecule has 0 saturated carbocycles. The summed E-state index contributed by atoms with van der Waals surface area (Å²) in [7, 11) is 3.21. The summed E-state index contributed by atoms with van der Waals surface area (Å²) in [5, 5.41) is 12.3. The molecule has 10 nitrogen and oxygen atoms in total. The summed E-state index contributed by atoms with van der Waals surface area (Å²) >= 11 is 0. The molecule has 0 unspecified atom stereocenters. The zero-order valence-electron chi connectivity index (χ0n) is 18.5. The highest BCUT2D eigenvalue weighted by Gasteiger charge is 2.31. The van der Waals surface area contributed by atoms with Crippen LogP contribution in [0.1, 0.15) is 41.4 Å². The first kappa shape index (κ1) is 20.8. The summed E-state index contributed by atoms with van der Waals surface area (Å²) in [6, 6.07) is 5.61. The fourth-order valence-corrected chi connectivity index (χ4v) is 4.07. The SMILES string of the molecule is COc1cc(C#Cc2cn([C@@H]3CN[C@H](c4nnc(C)o4)C3)c3ncnc(N)c23)cc(OC)c1. The van der Waals surface area contributed by atoms with Crippen LogP contribution >= 0.6 is 0 Å². The average Bonchev–Trinajstić information content (AvgIpc) is 3.56. The van der Waals surface area contributed by atoms with E-state index in [1.54, 1.807) is 27.2 Å². The zero-order valence-corrected chi connectivity index (χ0v) is 18.5. The molecular weight excluding hydrogens is 422 g/mol. The van der Waals surface area contributed by atoms with E-state index in [2.05, 4.69) is 41.9 Å². The molecule has 1 aliphatic heterocycles. The first-order chi connectivity index (χ1) is 16.1. The zero-order chi connectivity index (χ0) is 22.9. The Balaban J connectivity index is 1.51. The van der Waals surface area contributed by atoms with Crippen molar-refractivity contribution >= 4 is 16.9 Å². The summed E-state index contributed by atoms with van der Waals surface area (Å²) in [5.41, 5.74) is 8.48. The number of nitrogens with one attached hydrogen (secondary N) is 1. The lowest BCUT2D eigenvalue weighted by molar-refractivity contribution is 0.394. The van der Waals surface area contributed by atoms with Gasteiger partial charge in [0, 0.05) is 37.3 Å². The number of hydrogen-bond acceptors (Lipinski definition) is 9. The molecular formula is C23H23N7O3. The van der Waals surface area contributed by atoms with Gasteiger partial charge in [-0.2, -0.15) is 0 Å². The molecule has 1 aromatic carbocycles. The highest BCUT2D eigenvalue weighted by atomic mass is 16.5. The third kappa shape index (κ3) is 3.94. The first-order valence-electron chi connectivity index (χ1n) is 10.4. The van der Waals surface area contributed by atoms with Crippen LogP contribution in [0.15, 0.2) is 35.1 Å². The minimum absolute atomic E-state index is 0.0217. The summed E-state index contributed by atoms with van der Waals surface area (Å²) < 4.78 is 18.4. The van der Waals surface area contributed by atoms with Crippen LogP contribution in [0.25, 0.3) is 11.0 Å². The number of benzene rings is 1. The second kappa shape index (κ2) is 8.44. The molecule has 4 aromatic rings. The van der Waals surface area contributed by atoms with Crippen molar-refractivity contribution in [1.82, 2.24) is 30.0 Å². The second-order valence-corrected chi connectivity index (χ2v) is 7.77. The molecule has 2 atom stereocenters. The lowest BCUT2D eigenvalue weighted by Gasteiger charge is -2.12. The number of methoxy groups -OCH3 is 2. The van der Waals surface area contributed by atoms with Gasteiger partial charge in [-0.25, -0.2) is 9.97 Å². The van der Waals surface area contributed by atoms with E-state index in [1.165, 1.54) is 6.33 Å². The van der Waals surface area contributed by atoms with Crippen molar-refractivity contribution in [2.75, 3.05) is 26.5 Å². The van der Waals surface area contributed by atoms with E-state index in [-0.39, 0.29) is 12.1 Å². The Bertz CT molecular complexity index is 1360. The van der Waals surface area contributed by atoms with Crippen LogP contribution in [-0.2, 0) is 0 Å². The molecule has 4 heterocycles. The highest BCUT2D eigenvalue weighted by Crippen LogP contribution is 2.34. The third-order valence-electron chi connectivity index (χ3n) is 5.67. The van der Waals surface area contributed by atoms with E-state index < -0.39 is 0 Å². The van der Waals surface area contributed by atoms with Crippen molar-refractivity contribution in [2.45, 2.75) is 25.4 Å². The summed E-state index contributed by atoms with van der Waals surface area (Å²) in [5.74, 6) is 9.29. The Morgan fingerprint density at radius 2 is 1.91 bits per heavy atom.